The smallest absolute Gasteiger partial charge is 0.305 e. The highest BCUT2D eigenvalue weighted by molar-refractivity contribution is 7.99. The van der Waals surface area contributed by atoms with Gasteiger partial charge in [-0.1, -0.05) is 11.6 Å². The lowest BCUT2D eigenvalue weighted by Gasteiger charge is -2.41. The Morgan fingerprint density at radius 1 is 1.32 bits per heavy atom. The van der Waals surface area contributed by atoms with Crippen LogP contribution in [0.15, 0.2) is 39.1 Å². The number of carbonyl (C=O) groups is 1. The highest BCUT2D eigenvalue weighted by Gasteiger charge is 2.47. The lowest BCUT2D eigenvalue weighted by atomic mass is 9.87. The van der Waals surface area contributed by atoms with E-state index in [1.165, 1.54) is 16.3 Å². The second-order valence-corrected chi connectivity index (χ2v) is 8.67. The van der Waals surface area contributed by atoms with Gasteiger partial charge >= 0.3 is 5.91 Å². The Bertz CT molecular complexity index is 1290. The van der Waals surface area contributed by atoms with Crippen LogP contribution >= 0.6 is 23.4 Å². The minimum absolute atomic E-state index is 0.155. The van der Waals surface area contributed by atoms with Crippen molar-refractivity contribution in [1.29, 1.82) is 0 Å². The molecule has 0 N–H and O–H groups in total. The Labute approximate surface area is 184 Å². The molecule has 1 amide bonds. The van der Waals surface area contributed by atoms with Gasteiger partial charge < -0.3 is 9.47 Å². The van der Waals surface area contributed by atoms with E-state index in [4.69, 9.17) is 11.6 Å². The summed E-state index contributed by atoms with van der Waals surface area (Å²) in [7, 11) is 1.65. The van der Waals surface area contributed by atoms with Gasteiger partial charge in [-0.2, -0.15) is 0 Å². The standard InChI is InChI=1S/C20H17ClF2N4O3S/c1-26(10-7-20(22,23)8-10)14-6-4-12-17(29)11-3-5-13(21)18(31-2)16(11)27(19(12)24-14)9-15(28)25-30/h3-6,10H,7-9H2,1-2H3. The minimum atomic E-state index is -2.69. The maximum Gasteiger partial charge on any atom is 0.305 e. The van der Waals surface area contributed by atoms with Crippen molar-refractivity contribution in [2.24, 2.45) is 5.18 Å². The van der Waals surface area contributed by atoms with E-state index in [1.807, 2.05) is 0 Å². The Morgan fingerprint density at radius 3 is 2.61 bits per heavy atom. The molecular formula is C20H17ClF2N4O3S. The third-order valence-corrected chi connectivity index (χ3v) is 6.78. The number of benzene rings is 1. The quantitative estimate of drug-likeness (QED) is 0.314. The predicted molar refractivity (Wildman–Crippen MR) is 117 cm³/mol. The first-order valence-electron chi connectivity index (χ1n) is 9.33. The number of amides is 1. The SMILES string of the molecule is CSc1c(Cl)ccc2c(=O)c3ccc(N(C)C4CC(F)(F)C4)nc3n(CC(=O)N=O)c12. The normalized spacial score (nSPS) is 15.8. The van der Waals surface area contributed by atoms with Crippen LogP contribution in [-0.2, 0) is 11.3 Å². The lowest BCUT2D eigenvalue weighted by Crippen LogP contribution is -2.49. The fourth-order valence-corrected chi connectivity index (χ4v) is 4.93. The van der Waals surface area contributed by atoms with Crippen molar-refractivity contribution >= 4 is 57.0 Å². The molecule has 3 aromatic rings. The average molecular weight is 467 g/mol. The summed E-state index contributed by atoms with van der Waals surface area (Å²) in [5.41, 5.74) is 0.219. The molecule has 162 valence electrons. The molecule has 0 radical (unpaired) electrons. The molecule has 4 rings (SSSR count). The monoisotopic (exact) mass is 466 g/mol. The Balaban J connectivity index is 2.00. The van der Waals surface area contributed by atoms with E-state index in [-0.39, 0.29) is 29.3 Å². The molecule has 1 aromatic carbocycles. The van der Waals surface area contributed by atoms with E-state index in [2.05, 4.69) is 10.2 Å². The number of alkyl halides is 2. The summed E-state index contributed by atoms with van der Waals surface area (Å²) in [6.45, 7) is -0.438. The van der Waals surface area contributed by atoms with Gasteiger partial charge in [-0.25, -0.2) is 13.8 Å². The van der Waals surface area contributed by atoms with Crippen molar-refractivity contribution in [3.8, 4) is 0 Å². The number of fused-ring (bicyclic) bond motifs is 2. The van der Waals surface area contributed by atoms with E-state index in [0.29, 0.717) is 26.6 Å². The van der Waals surface area contributed by atoms with Crippen molar-refractivity contribution in [3.63, 3.8) is 0 Å². The number of aromatic nitrogens is 2. The molecule has 1 aliphatic carbocycles. The average Bonchev–Trinajstić information content (AvgIpc) is 2.73. The van der Waals surface area contributed by atoms with E-state index in [9.17, 15) is 23.3 Å². The molecule has 0 atom stereocenters. The topological polar surface area (TPSA) is 84.6 Å². The second kappa shape index (κ2) is 7.83. The van der Waals surface area contributed by atoms with Crippen LogP contribution in [0.3, 0.4) is 0 Å². The van der Waals surface area contributed by atoms with Gasteiger partial charge in [-0.15, -0.1) is 16.7 Å². The second-order valence-electron chi connectivity index (χ2n) is 7.45. The van der Waals surface area contributed by atoms with Gasteiger partial charge in [0, 0.05) is 36.5 Å². The van der Waals surface area contributed by atoms with Crippen molar-refractivity contribution in [1.82, 2.24) is 9.55 Å². The van der Waals surface area contributed by atoms with Crippen LogP contribution in [0.1, 0.15) is 12.8 Å². The fraction of sp³-hybridized carbons (Fsp3) is 0.350. The van der Waals surface area contributed by atoms with Gasteiger partial charge in [0.1, 0.15) is 18.0 Å². The lowest BCUT2D eigenvalue weighted by molar-refractivity contribution is -0.118. The maximum atomic E-state index is 13.3. The van der Waals surface area contributed by atoms with E-state index >= 15 is 0 Å². The van der Waals surface area contributed by atoms with Gasteiger partial charge in [-0.05, 0) is 30.5 Å². The van der Waals surface area contributed by atoms with Gasteiger partial charge in [0.05, 0.1) is 20.8 Å². The fourth-order valence-electron chi connectivity index (χ4n) is 3.87. The van der Waals surface area contributed by atoms with Crippen molar-refractivity contribution in [3.05, 3.63) is 44.4 Å². The zero-order valence-corrected chi connectivity index (χ0v) is 18.1. The molecule has 31 heavy (non-hydrogen) atoms. The number of halogens is 3. The molecule has 0 bridgehead atoms. The first-order chi connectivity index (χ1) is 14.7. The summed E-state index contributed by atoms with van der Waals surface area (Å²) in [6, 6.07) is 5.90. The first-order valence-corrected chi connectivity index (χ1v) is 10.9. The summed E-state index contributed by atoms with van der Waals surface area (Å²) >= 11 is 7.61. The van der Waals surface area contributed by atoms with E-state index in [1.54, 1.807) is 42.5 Å². The molecule has 1 aliphatic rings. The number of nitroso groups, excluding NO2 is 1. The summed E-state index contributed by atoms with van der Waals surface area (Å²) in [4.78, 5) is 42.6. The van der Waals surface area contributed by atoms with Crippen LogP contribution in [0.4, 0.5) is 14.6 Å². The number of pyridine rings is 2. The molecule has 0 saturated heterocycles. The van der Waals surface area contributed by atoms with Crippen LogP contribution < -0.4 is 10.3 Å². The van der Waals surface area contributed by atoms with Crippen LogP contribution in [-0.4, -0.2) is 40.7 Å². The van der Waals surface area contributed by atoms with Crippen LogP contribution in [0.5, 0.6) is 0 Å². The van der Waals surface area contributed by atoms with Gasteiger partial charge in [-0.3, -0.25) is 9.59 Å². The van der Waals surface area contributed by atoms with Gasteiger partial charge in [0.2, 0.25) is 0 Å². The molecule has 0 aliphatic heterocycles. The summed E-state index contributed by atoms with van der Waals surface area (Å²) in [5, 5.41) is 3.41. The molecule has 11 heteroatoms. The van der Waals surface area contributed by atoms with Crippen LogP contribution in [0.25, 0.3) is 21.9 Å². The number of anilines is 1. The van der Waals surface area contributed by atoms with Crippen molar-refractivity contribution < 1.29 is 13.6 Å². The van der Waals surface area contributed by atoms with Gasteiger partial charge in [0.25, 0.3) is 5.92 Å². The van der Waals surface area contributed by atoms with E-state index in [0.717, 1.165) is 0 Å². The Hall–Kier alpha value is -2.59. The molecule has 7 nitrogen and oxygen atoms in total. The van der Waals surface area contributed by atoms with E-state index < -0.39 is 24.4 Å². The first kappa shape index (κ1) is 21.6. The number of thioether (sulfide) groups is 1. The summed E-state index contributed by atoms with van der Waals surface area (Å²) < 4.78 is 28.1. The summed E-state index contributed by atoms with van der Waals surface area (Å²) in [6.07, 6.45) is 1.20. The Kier molecular flexibility index (Phi) is 5.47. The number of rotatable bonds is 5. The third-order valence-electron chi connectivity index (χ3n) is 5.54. The summed E-state index contributed by atoms with van der Waals surface area (Å²) in [5.74, 6) is -3.27. The molecule has 0 spiro atoms. The highest BCUT2D eigenvalue weighted by Crippen LogP contribution is 2.41. The highest BCUT2D eigenvalue weighted by atomic mass is 35.5. The number of hydrogen-bond acceptors (Lipinski definition) is 6. The number of hydrogen-bond donors (Lipinski definition) is 0. The number of nitrogens with zero attached hydrogens (tertiary/aromatic N) is 4. The molecule has 1 fully saturated rings. The molecule has 2 heterocycles. The molecule has 2 aromatic heterocycles. The minimum Gasteiger partial charge on any atom is -0.356 e. The van der Waals surface area contributed by atoms with Crippen molar-refractivity contribution in [2.45, 2.75) is 36.2 Å². The van der Waals surface area contributed by atoms with Crippen LogP contribution in [0, 0.1) is 4.91 Å². The largest absolute Gasteiger partial charge is 0.356 e. The zero-order valence-electron chi connectivity index (χ0n) is 16.6. The molecule has 1 saturated carbocycles. The third kappa shape index (κ3) is 3.67. The van der Waals surface area contributed by atoms with Crippen LogP contribution in [0.2, 0.25) is 5.02 Å². The maximum absolute atomic E-state index is 13.3. The van der Waals surface area contributed by atoms with Gasteiger partial charge in [0.15, 0.2) is 5.43 Å². The van der Waals surface area contributed by atoms with Crippen molar-refractivity contribution in [2.75, 3.05) is 18.2 Å². The zero-order chi connectivity index (χ0) is 22.5. The molecule has 0 unspecified atom stereocenters. The Morgan fingerprint density at radius 2 is 2.00 bits per heavy atom. The number of carbonyl (C=O) groups excluding carboxylic acids is 1. The predicted octanol–water partition coefficient (Wildman–Crippen LogP) is 4.45. The molecular weight excluding hydrogens is 450 g/mol.